The number of carbonyl (C=O) groups is 2. The number of para-hydroxylation sites is 1. The Morgan fingerprint density at radius 1 is 0.809 bits per heavy atom. The quantitative estimate of drug-likeness (QED) is 0.154. The number of ether oxygens (including phenoxy) is 2. The Morgan fingerprint density at radius 3 is 2.11 bits per heavy atom. The SMILES string of the molecule is CCCCNC(=O)[C@H](Cc1ccccc1)N(Cc1cccc(C)c1)C(=O)CN(c1ccccc1)S(=O)(=O)c1ccc(OC)c(OC)c1. The maximum atomic E-state index is 14.6. The number of benzene rings is 4. The summed E-state index contributed by atoms with van der Waals surface area (Å²) in [5.41, 5.74) is 3.01. The van der Waals surface area contributed by atoms with Crippen molar-refractivity contribution in [3.63, 3.8) is 0 Å². The molecule has 0 aliphatic rings. The van der Waals surface area contributed by atoms with Gasteiger partial charge in [-0.1, -0.05) is 91.7 Å². The Bertz CT molecular complexity index is 1730. The van der Waals surface area contributed by atoms with Crippen LogP contribution in [0.15, 0.2) is 108 Å². The van der Waals surface area contributed by atoms with E-state index in [0.717, 1.165) is 33.8 Å². The fraction of sp³-hybridized carbons (Fsp3) is 0.297. The molecule has 4 aromatic rings. The third-order valence-corrected chi connectivity index (χ3v) is 9.57. The van der Waals surface area contributed by atoms with Crippen molar-refractivity contribution in [3.05, 3.63) is 120 Å². The number of hydrogen-bond acceptors (Lipinski definition) is 6. The molecule has 0 heterocycles. The summed E-state index contributed by atoms with van der Waals surface area (Å²) in [7, 11) is -1.40. The van der Waals surface area contributed by atoms with Crippen LogP contribution in [0.25, 0.3) is 0 Å². The monoisotopic (exact) mass is 657 g/mol. The van der Waals surface area contributed by atoms with Crippen LogP contribution in [0.3, 0.4) is 0 Å². The molecule has 0 unspecified atom stereocenters. The Balaban J connectivity index is 1.79. The molecule has 1 atom stereocenters. The Kier molecular flexibility index (Phi) is 12.4. The largest absolute Gasteiger partial charge is 0.493 e. The molecule has 0 aromatic heterocycles. The number of methoxy groups -OCH3 is 2. The molecular weight excluding hydrogens is 614 g/mol. The van der Waals surface area contributed by atoms with Crippen LogP contribution >= 0.6 is 0 Å². The lowest BCUT2D eigenvalue weighted by Crippen LogP contribution is -2.53. The third-order valence-electron chi connectivity index (χ3n) is 7.80. The summed E-state index contributed by atoms with van der Waals surface area (Å²) in [5, 5.41) is 3.01. The maximum Gasteiger partial charge on any atom is 0.264 e. The zero-order valence-corrected chi connectivity index (χ0v) is 28.2. The lowest BCUT2D eigenvalue weighted by atomic mass is 10.0. The zero-order valence-electron chi connectivity index (χ0n) is 27.4. The van der Waals surface area contributed by atoms with Gasteiger partial charge in [-0.15, -0.1) is 0 Å². The molecule has 0 aliphatic heterocycles. The first-order valence-electron chi connectivity index (χ1n) is 15.6. The highest BCUT2D eigenvalue weighted by atomic mass is 32.2. The Hall–Kier alpha value is -4.83. The van der Waals surface area contributed by atoms with Gasteiger partial charge in [0, 0.05) is 25.6 Å². The number of hydrogen-bond donors (Lipinski definition) is 1. The second-order valence-electron chi connectivity index (χ2n) is 11.2. The highest BCUT2D eigenvalue weighted by molar-refractivity contribution is 7.92. The van der Waals surface area contributed by atoms with E-state index < -0.39 is 28.5 Å². The molecule has 10 heteroatoms. The topological polar surface area (TPSA) is 105 Å². The predicted molar refractivity (Wildman–Crippen MR) is 184 cm³/mol. The van der Waals surface area contributed by atoms with Crippen LogP contribution < -0.4 is 19.1 Å². The van der Waals surface area contributed by atoms with Crippen LogP contribution in [0, 0.1) is 6.92 Å². The fourth-order valence-corrected chi connectivity index (χ4v) is 6.72. The van der Waals surface area contributed by atoms with Gasteiger partial charge in [0.1, 0.15) is 12.6 Å². The smallest absolute Gasteiger partial charge is 0.264 e. The average molecular weight is 658 g/mol. The van der Waals surface area contributed by atoms with Crippen molar-refractivity contribution in [2.24, 2.45) is 0 Å². The van der Waals surface area contributed by atoms with Crippen LogP contribution in [0.2, 0.25) is 0 Å². The van der Waals surface area contributed by atoms with Gasteiger partial charge in [-0.25, -0.2) is 8.42 Å². The van der Waals surface area contributed by atoms with Crippen LogP contribution in [0.1, 0.15) is 36.5 Å². The minimum atomic E-state index is -4.29. The number of unbranched alkanes of at least 4 members (excludes halogenated alkanes) is 1. The molecule has 0 saturated heterocycles. The molecule has 0 spiro atoms. The molecule has 47 heavy (non-hydrogen) atoms. The van der Waals surface area contributed by atoms with Crippen molar-refractivity contribution in [2.75, 3.05) is 31.6 Å². The molecule has 4 rings (SSSR count). The van der Waals surface area contributed by atoms with Crippen LogP contribution in [-0.4, -0.2) is 58.5 Å². The predicted octanol–water partition coefficient (Wildman–Crippen LogP) is 5.76. The molecule has 248 valence electrons. The normalized spacial score (nSPS) is 11.7. The van der Waals surface area contributed by atoms with Crippen LogP contribution in [0.5, 0.6) is 11.5 Å². The van der Waals surface area contributed by atoms with Crippen molar-refractivity contribution in [3.8, 4) is 11.5 Å². The Labute approximate surface area is 278 Å². The van der Waals surface area contributed by atoms with Crippen molar-refractivity contribution in [1.29, 1.82) is 0 Å². The van der Waals surface area contributed by atoms with Crippen LogP contribution in [-0.2, 0) is 32.6 Å². The van der Waals surface area contributed by atoms with E-state index >= 15 is 0 Å². The van der Waals surface area contributed by atoms with E-state index in [-0.39, 0.29) is 29.5 Å². The number of amides is 2. The lowest BCUT2D eigenvalue weighted by Gasteiger charge is -2.34. The van der Waals surface area contributed by atoms with Gasteiger partial charge in [0.05, 0.1) is 24.8 Å². The van der Waals surface area contributed by atoms with Crippen molar-refractivity contribution >= 4 is 27.5 Å². The average Bonchev–Trinajstić information content (AvgIpc) is 3.09. The number of nitrogens with one attached hydrogen (secondary N) is 1. The van der Waals surface area contributed by atoms with E-state index in [0.29, 0.717) is 18.0 Å². The number of rotatable bonds is 16. The summed E-state index contributed by atoms with van der Waals surface area (Å²) in [5.74, 6) is -0.208. The second kappa shape index (κ2) is 16.6. The minimum absolute atomic E-state index is 0.0739. The number of nitrogens with zero attached hydrogens (tertiary/aromatic N) is 2. The lowest BCUT2D eigenvalue weighted by molar-refractivity contribution is -0.140. The minimum Gasteiger partial charge on any atom is -0.493 e. The number of carbonyl (C=O) groups excluding carboxylic acids is 2. The van der Waals surface area contributed by atoms with Gasteiger partial charge in [0.2, 0.25) is 11.8 Å². The highest BCUT2D eigenvalue weighted by Crippen LogP contribution is 2.32. The highest BCUT2D eigenvalue weighted by Gasteiger charge is 2.35. The molecule has 0 radical (unpaired) electrons. The number of anilines is 1. The molecule has 0 bridgehead atoms. The summed E-state index contributed by atoms with van der Waals surface area (Å²) in [6.45, 7) is 4.04. The van der Waals surface area contributed by atoms with E-state index in [1.165, 1.54) is 37.3 Å². The summed E-state index contributed by atoms with van der Waals surface area (Å²) in [6.07, 6.45) is 1.95. The molecule has 4 aromatic carbocycles. The van der Waals surface area contributed by atoms with Gasteiger partial charge in [-0.2, -0.15) is 0 Å². The van der Waals surface area contributed by atoms with Crippen LogP contribution in [0.4, 0.5) is 5.69 Å². The zero-order chi connectivity index (χ0) is 33.8. The second-order valence-corrected chi connectivity index (χ2v) is 13.1. The van der Waals surface area contributed by atoms with Crippen molar-refractivity contribution in [1.82, 2.24) is 10.2 Å². The summed E-state index contributed by atoms with van der Waals surface area (Å²) in [6, 6.07) is 29.1. The summed E-state index contributed by atoms with van der Waals surface area (Å²) < 4.78 is 40.4. The van der Waals surface area contributed by atoms with E-state index in [1.807, 2.05) is 68.4 Å². The van der Waals surface area contributed by atoms with Gasteiger partial charge >= 0.3 is 0 Å². The molecular formula is C37H43N3O6S. The molecule has 0 fully saturated rings. The fourth-order valence-electron chi connectivity index (χ4n) is 5.29. The summed E-state index contributed by atoms with van der Waals surface area (Å²) in [4.78, 5) is 29.9. The molecule has 1 N–H and O–H groups in total. The number of sulfonamides is 1. The van der Waals surface area contributed by atoms with Gasteiger partial charge in [0.25, 0.3) is 10.0 Å². The van der Waals surface area contributed by atoms with Gasteiger partial charge in [0.15, 0.2) is 11.5 Å². The van der Waals surface area contributed by atoms with Crippen molar-refractivity contribution < 1.29 is 27.5 Å². The van der Waals surface area contributed by atoms with Gasteiger partial charge in [-0.05, 0) is 48.7 Å². The van der Waals surface area contributed by atoms with E-state index in [1.54, 1.807) is 30.3 Å². The van der Waals surface area contributed by atoms with Gasteiger partial charge < -0.3 is 19.7 Å². The van der Waals surface area contributed by atoms with Gasteiger partial charge in [-0.3, -0.25) is 13.9 Å². The first-order chi connectivity index (χ1) is 22.7. The first kappa shape index (κ1) is 35.0. The standard InChI is InChI=1S/C37H43N3O6S/c1-5-6-22-38-37(42)33(24-29-15-9-7-10-16-29)39(26-30-17-13-14-28(2)23-30)36(41)27-40(31-18-11-8-12-19-31)47(43,44)32-20-21-34(45-3)35(25-32)46-4/h7-21,23,25,33H,5-6,22,24,26-27H2,1-4H3,(H,38,42)/t33-/m0/s1. The summed E-state index contributed by atoms with van der Waals surface area (Å²) >= 11 is 0. The third kappa shape index (κ3) is 9.13. The van der Waals surface area contributed by atoms with E-state index in [4.69, 9.17) is 9.47 Å². The maximum absolute atomic E-state index is 14.6. The molecule has 2 amide bonds. The van der Waals surface area contributed by atoms with Crippen molar-refractivity contribution in [2.45, 2.75) is 50.6 Å². The first-order valence-corrected chi connectivity index (χ1v) is 17.1. The molecule has 9 nitrogen and oxygen atoms in total. The number of aryl methyl sites for hydroxylation is 1. The molecule has 0 aliphatic carbocycles. The Morgan fingerprint density at radius 2 is 1.47 bits per heavy atom. The van der Waals surface area contributed by atoms with E-state index in [9.17, 15) is 18.0 Å². The molecule has 0 saturated carbocycles. The van der Waals surface area contributed by atoms with E-state index in [2.05, 4.69) is 5.32 Å².